The predicted molar refractivity (Wildman–Crippen MR) is 133 cm³/mol. The van der Waals surface area contributed by atoms with E-state index in [-0.39, 0.29) is 17.9 Å². The molecule has 0 aliphatic heterocycles. The Bertz CT molecular complexity index is 282. The minimum atomic E-state index is 0. The highest BCUT2D eigenvalue weighted by Gasteiger charge is 2.32. The first-order valence-electron chi connectivity index (χ1n) is 12.9. The Kier molecular flexibility index (Phi) is 23.9. The predicted octanol–water partition coefficient (Wildman–Crippen LogP) is 9.60. The molecule has 0 heterocycles. The lowest BCUT2D eigenvalue weighted by molar-refractivity contribution is 0.190. The van der Waals surface area contributed by atoms with Gasteiger partial charge in [-0.3, -0.25) is 0 Å². The Hall–Kier alpha value is 0.250. The van der Waals surface area contributed by atoms with Crippen LogP contribution in [-0.4, -0.2) is 5.54 Å². The highest BCUT2D eigenvalue weighted by atomic mass is 35.5. The zero-order valence-electron chi connectivity index (χ0n) is 20.2. The number of hydrogen-bond acceptors (Lipinski definition) is 1. The van der Waals surface area contributed by atoms with Gasteiger partial charge < -0.3 is 5.73 Å². The van der Waals surface area contributed by atoms with Gasteiger partial charge >= 0.3 is 0 Å². The Balaban J connectivity index is 0. The topological polar surface area (TPSA) is 26.0 Å². The van der Waals surface area contributed by atoms with E-state index in [1.807, 2.05) is 0 Å². The molecule has 0 fully saturated rings. The van der Waals surface area contributed by atoms with Crippen LogP contribution in [-0.2, 0) is 0 Å². The Morgan fingerprint density at radius 3 is 1.29 bits per heavy atom. The number of halogens is 1. The highest BCUT2D eigenvalue weighted by molar-refractivity contribution is 5.85. The van der Waals surface area contributed by atoms with E-state index < -0.39 is 0 Å². The first-order valence-corrected chi connectivity index (χ1v) is 12.9. The Morgan fingerprint density at radius 2 is 0.821 bits per heavy atom. The first kappa shape index (κ1) is 30.4. The molecule has 2 heteroatoms. The third-order valence-electron chi connectivity index (χ3n) is 6.62. The second-order valence-corrected chi connectivity index (χ2v) is 9.25. The molecular weight excluding hydrogens is 362 g/mol. The summed E-state index contributed by atoms with van der Waals surface area (Å²) in [6.07, 6.45) is 27.3. The van der Waals surface area contributed by atoms with Crippen LogP contribution in [0.2, 0.25) is 0 Å². The zero-order valence-corrected chi connectivity index (χ0v) is 21.0. The van der Waals surface area contributed by atoms with E-state index in [0.29, 0.717) is 0 Å². The van der Waals surface area contributed by atoms with Crippen LogP contribution in [0.25, 0.3) is 0 Å². The van der Waals surface area contributed by atoms with Crippen molar-refractivity contribution in [3.05, 3.63) is 0 Å². The first-order chi connectivity index (χ1) is 13.1. The van der Waals surface area contributed by atoms with Crippen LogP contribution in [0.15, 0.2) is 0 Å². The normalized spacial score (nSPS) is 12.8. The van der Waals surface area contributed by atoms with Crippen LogP contribution in [0.4, 0.5) is 0 Å². The summed E-state index contributed by atoms with van der Waals surface area (Å²) in [5.74, 6) is 0.758. The molecule has 0 bridgehead atoms. The summed E-state index contributed by atoms with van der Waals surface area (Å²) in [7, 11) is 0. The molecule has 1 unspecified atom stereocenters. The fourth-order valence-electron chi connectivity index (χ4n) is 4.65. The number of unbranched alkanes of at least 4 members (excludes halogenated alkanes) is 12. The van der Waals surface area contributed by atoms with Crippen molar-refractivity contribution >= 4 is 12.4 Å². The van der Waals surface area contributed by atoms with Crippen molar-refractivity contribution in [2.75, 3.05) is 0 Å². The van der Waals surface area contributed by atoms with Gasteiger partial charge in [0.1, 0.15) is 0 Å². The molecule has 172 valence electrons. The standard InChI is InChI=1S/C26H55N.ClH/c1-5-9-13-14-15-16-18-22-25(21-17-10-6-2)26(27,23-19-11-7-3)24-20-12-8-4;/h25H,5-24,27H2,1-4H3;1H. The summed E-state index contributed by atoms with van der Waals surface area (Å²) in [5, 5.41) is 0. The maximum Gasteiger partial charge on any atom is 0.0182 e. The molecule has 1 nitrogen and oxygen atoms in total. The molecule has 0 aromatic rings. The molecule has 0 aliphatic rings. The van der Waals surface area contributed by atoms with Crippen LogP contribution in [0.3, 0.4) is 0 Å². The fourth-order valence-corrected chi connectivity index (χ4v) is 4.65. The van der Waals surface area contributed by atoms with Gasteiger partial charge in [-0.25, -0.2) is 0 Å². The fraction of sp³-hybridized carbons (Fsp3) is 1.00. The molecule has 0 radical (unpaired) electrons. The van der Waals surface area contributed by atoms with Gasteiger partial charge in [0.25, 0.3) is 0 Å². The lowest BCUT2D eigenvalue weighted by Crippen LogP contribution is -2.47. The molecule has 0 aromatic carbocycles. The largest absolute Gasteiger partial charge is 0.325 e. The van der Waals surface area contributed by atoms with Gasteiger partial charge in [0.2, 0.25) is 0 Å². The van der Waals surface area contributed by atoms with Crippen molar-refractivity contribution in [1.29, 1.82) is 0 Å². The van der Waals surface area contributed by atoms with Crippen molar-refractivity contribution in [2.45, 2.75) is 162 Å². The second kappa shape index (κ2) is 21.9. The third kappa shape index (κ3) is 16.1. The van der Waals surface area contributed by atoms with Crippen LogP contribution in [0.1, 0.15) is 156 Å². The molecule has 0 aromatic heterocycles. The molecule has 28 heavy (non-hydrogen) atoms. The summed E-state index contributed by atoms with van der Waals surface area (Å²) in [4.78, 5) is 0. The highest BCUT2D eigenvalue weighted by Crippen LogP contribution is 2.35. The third-order valence-corrected chi connectivity index (χ3v) is 6.62. The van der Waals surface area contributed by atoms with E-state index in [4.69, 9.17) is 5.73 Å². The summed E-state index contributed by atoms with van der Waals surface area (Å²) >= 11 is 0. The summed E-state index contributed by atoms with van der Waals surface area (Å²) in [6, 6.07) is 0. The Morgan fingerprint density at radius 1 is 0.500 bits per heavy atom. The van der Waals surface area contributed by atoms with Crippen molar-refractivity contribution < 1.29 is 0 Å². The molecular formula is C26H56ClN. The van der Waals surface area contributed by atoms with Gasteiger partial charge in [-0.1, -0.05) is 130 Å². The van der Waals surface area contributed by atoms with Gasteiger partial charge in [-0.15, -0.1) is 12.4 Å². The van der Waals surface area contributed by atoms with Crippen molar-refractivity contribution in [2.24, 2.45) is 11.7 Å². The average molecular weight is 418 g/mol. The van der Waals surface area contributed by atoms with Crippen LogP contribution in [0.5, 0.6) is 0 Å². The van der Waals surface area contributed by atoms with Gasteiger partial charge in [0, 0.05) is 5.54 Å². The van der Waals surface area contributed by atoms with Crippen molar-refractivity contribution in [3.63, 3.8) is 0 Å². The smallest absolute Gasteiger partial charge is 0.0182 e. The summed E-state index contributed by atoms with van der Waals surface area (Å²) in [5.41, 5.74) is 7.30. The van der Waals surface area contributed by atoms with Gasteiger partial charge in [0.05, 0.1) is 0 Å². The molecule has 0 spiro atoms. The van der Waals surface area contributed by atoms with E-state index in [2.05, 4.69) is 27.7 Å². The number of nitrogens with two attached hydrogens (primary N) is 1. The van der Waals surface area contributed by atoms with Crippen LogP contribution < -0.4 is 5.73 Å². The molecule has 0 rings (SSSR count). The lowest BCUT2D eigenvalue weighted by atomic mass is 9.72. The van der Waals surface area contributed by atoms with E-state index >= 15 is 0 Å². The van der Waals surface area contributed by atoms with E-state index in [1.165, 1.54) is 128 Å². The minimum Gasteiger partial charge on any atom is -0.325 e. The maximum atomic E-state index is 7.19. The summed E-state index contributed by atoms with van der Waals surface area (Å²) in [6.45, 7) is 9.25. The van der Waals surface area contributed by atoms with E-state index in [1.54, 1.807) is 0 Å². The van der Waals surface area contributed by atoms with E-state index in [0.717, 1.165) is 5.92 Å². The molecule has 0 saturated heterocycles. The number of rotatable bonds is 21. The van der Waals surface area contributed by atoms with Gasteiger partial charge in [0.15, 0.2) is 0 Å². The molecule has 0 amide bonds. The van der Waals surface area contributed by atoms with Gasteiger partial charge in [-0.05, 0) is 31.6 Å². The van der Waals surface area contributed by atoms with E-state index in [9.17, 15) is 0 Å². The Labute approximate surface area is 185 Å². The van der Waals surface area contributed by atoms with Crippen molar-refractivity contribution in [3.8, 4) is 0 Å². The van der Waals surface area contributed by atoms with Crippen molar-refractivity contribution in [1.82, 2.24) is 0 Å². The summed E-state index contributed by atoms with van der Waals surface area (Å²) < 4.78 is 0. The van der Waals surface area contributed by atoms with Crippen LogP contribution in [0, 0.1) is 5.92 Å². The maximum absolute atomic E-state index is 7.19. The minimum absolute atomic E-state index is 0. The van der Waals surface area contributed by atoms with Gasteiger partial charge in [-0.2, -0.15) is 0 Å². The molecule has 0 saturated carbocycles. The lowest BCUT2D eigenvalue weighted by Gasteiger charge is -2.39. The quantitative estimate of drug-likeness (QED) is 0.185. The molecule has 0 aliphatic carbocycles. The second-order valence-electron chi connectivity index (χ2n) is 9.25. The molecule has 2 N–H and O–H groups in total. The average Bonchev–Trinajstić information content (AvgIpc) is 2.66. The molecule has 1 atom stereocenters. The number of hydrogen-bond donors (Lipinski definition) is 1. The van der Waals surface area contributed by atoms with Crippen LogP contribution >= 0.6 is 12.4 Å². The zero-order chi connectivity index (χ0) is 20.2. The SMILES string of the molecule is CCCCCCCCCC(CCCCC)C(N)(CCCCC)CCCCC.Cl. The monoisotopic (exact) mass is 417 g/mol.